The van der Waals surface area contributed by atoms with E-state index >= 15 is 0 Å². The molecule has 0 amide bonds. The van der Waals surface area contributed by atoms with Crippen LogP contribution in [0.2, 0.25) is 18.1 Å². The number of hydrogen-bond acceptors (Lipinski definition) is 8. The predicted octanol–water partition coefficient (Wildman–Crippen LogP) is 3.19. The van der Waals surface area contributed by atoms with Gasteiger partial charge in [0.15, 0.2) is 25.3 Å². The molecule has 2 aromatic heterocycles. The van der Waals surface area contributed by atoms with Crippen LogP contribution < -0.4 is 5.49 Å². The van der Waals surface area contributed by atoms with E-state index in [-0.39, 0.29) is 40.0 Å². The molecule has 1 saturated heterocycles. The molecule has 194 valence electrons. The van der Waals surface area contributed by atoms with Gasteiger partial charge in [-0.1, -0.05) is 51.1 Å². The molecule has 10 nitrogen and oxygen atoms in total. The monoisotopic (exact) mass is 531 g/mol. The summed E-state index contributed by atoms with van der Waals surface area (Å²) in [5, 5.41) is 8.78. The average Bonchev–Trinajstić information content (AvgIpc) is 3.39. The predicted molar refractivity (Wildman–Crippen MR) is 138 cm³/mol. The van der Waals surface area contributed by atoms with E-state index in [1.807, 2.05) is 6.07 Å². The van der Waals surface area contributed by atoms with Gasteiger partial charge in [0.05, 0.1) is 24.3 Å². The topological polar surface area (TPSA) is 140 Å². The lowest BCUT2D eigenvalue weighted by atomic mass is 10.1. The van der Waals surface area contributed by atoms with E-state index in [0.717, 1.165) is 0 Å². The summed E-state index contributed by atoms with van der Waals surface area (Å²) in [6, 6.07) is 8.67. The molecule has 1 aliphatic rings. The molecule has 1 aliphatic heterocycles. The van der Waals surface area contributed by atoms with Crippen LogP contribution in [0, 0.1) is 5.41 Å². The molecular weight excluding hydrogens is 498 g/mol. The first-order valence-electron chi connectivity index (χ1n) is 11.8. The Morgan fingerprint density at radius 1 is 1.28 bits per heavy atom. The molecular formula is C24H33N5O5SSi. The van der Waals surface area contributed by atoms with Crippen LogP contribution in [0.1, 0.15) is 49.6 Å². The van der Waals surface area contributed by atoms with Gasteiger partial charge in [0, 0.05) is 18.2 Å². The van der Waals surface area contributed by atoms with E-state index in [4.69, 9.17) is 14.6 Å². The summed E-state index contributed by atoms with van der Waals surface area (Å²) in [4.78, 5) is 25.0. The molecule has 3 atom stereocenters. The van der Waals surface area contributed by atoms with Crippen LogP contribution in [0.3, 0.4) is 0 Å². The summed E-state index contributed by atoms with van der Waals surface area (Å²) >= 11 is 0. The molecule has 36 heavy (non-hydrogen) atoms. The molecule has 4 rings (SSSR count). The molecule has 1 fully saturated rings. The fraction of sp³-hybridized carbons (Fsp3) is 0.500. The second-order valence-electron chi connectivity index (χ2n) is 10.8. The van der Waals surface area contributed by atoms with E-state index in [0.29, 0.717) is 11.1 Å². The van der Waals surface area contributed by atoms with E-state index in [1.165, 1.54) is 17.2 Å². The highest BCUT2D eigenvalue weighted by molar-refractivity contribution is 7.90. The summed E-state index contributed by atoms with van der Waals surface area (Å²) in [6.07, 6.45) is 0.778. The van der Waals surface area contributed by atoms with Gasteiger partial charge in [0.2, 0.25) is 5.78 Å². The number of aromatic amines is 1. The van der Waals surface area contributed by atoms with E-state index in [9.17, 15) is 13.2 Å². The summed E-state index contributed by atoms with van der Waals surface area (Å²) < 4.78 is 38.8. The molecule has 2 N–H and O–H groups in total. The number of carbonyl (C=O) groups is 1. The number of aromatic nitrogens is 4. The lowest BCUT2D eigenvalue weighted by Crippen LogP contribution is -2.47. The van der Waals surface area contributed by atoms with Crippen molar-refractivity contribution in [1.82, 2.24) is 19.5 Å². The van der Waals surface area contributed by atoms with Crippen molar-refractivity contribution in [2.24, 2.45) is 0 Å². The second-order valence-corrected chi connectivity index (χ2v) is 17.8. The first kappa shape index (κ1) is 26.4. The highest BCUT2D eigenvalue weighted by atomic mass is 32.2. The number of benzene rings is 1. The van der Waals surface area contributed by atoms with E-state index < -0.39 is 36.6 Å². The standard InChI is InChI=1S/C24H33N5O5SSi/c1-24(2,3)36(5,6)34-16-12-18(33-17(16)13-35(4,31)32)29-21(25)19-22(27-14-26-19)28-23(29)20(30)15-10-8-7-9-11-15/h7-11,14,16-18,25H,12-13H2,1-6H3,(H,26,27)/t16-,17-,18+/m0/s1. The number of ether oxygens (including phenoxy) is 1. The minimum atomic E-state index is -3.39. The first-order chi connectivity index (χ1) is 16.7. The molecule has 0 unspecified atom stereocenters. The van der Waals surface area contributed by atoms with Crippen molar-refractivity contribution >= 4 is 35.1 Å². The van der Waals surface area contributed by atoms with Crippen LogP contribution in [0.15, 0.2) is 36.7 Å². The zero-order valence-corrected chi connectivity index (χ0v) is 23.2. The highest BCUT2D eigenvalue weighted by Crippen LogP contribution is 2.41. The lowest BCUT2D eigenvalue weighted by molar-refractivity contribution is -0.00763. The SMILES string of the molecule is CC(C)(C)[Si](C)(C)O[C@H]1C[C@H](n2c(C(=O)c3ccccc3)nc3nc[nH]c3c2=N)O[C@H]1CS(C)(=O)=O. The zero-order chi connectivity index (χ0) is 26.5. The number of carbonyl (C=O) groups excluding carboxylic acids is 1. The summed E-state index contributed by atoms with van der Waals surface area (Å²) in [7, 11) is -5.67. The molecule has 12 heteroatoms. The third-order valence-corrected chi connectivity index (χ3v) is 12.4. The van der Waals surface area contributed by atoms with E-state index in [2.05, 4.69) is 48.8 Å². The van der Waals surface area contributed by atoms with Crippen LogP contribution in [0.4, 0.5) is 0 Å². The smallest absolute Gasteiger partial charge is 0.228 e. The lowest BCUT2D eigenvalue weighted by Gasteiger charge is -2.39. The largest absolute Gasteiger partial charge is 0.411 e. The third kappa shape index (κ3) is 5.22. The highest BCUT2D eigenvalue weighted by Gasteiger charge is 2.46. The molecule has 3 heterocycles. The molecule has 0 aliphatic carbocycles. The fourth-order valence-corrected chi connectivity index (χ4v) is 6.32. The molecule has 0 spiro atoms. The summed E-state index contributed by atoms with van der Waals surface area (Å²) in [5.74, 6) is -0.605. The Balaban J connectivity index is 1.81. The maximum Gasteiger partial charge on any atom is 0.228 e. The van der Waals surface area contributed by atoms with Crippen molar-refractivity contribution < 1.29 is 22.4 Å². The van der Waals surface area contributed by atoms with Crippen LogP contribution in [0.5, 0.6) is 0 Å². The van der Waals surface area contributed by atoms with Gasteiger partial charge in [-0.25, -0.2) is 18.4 Å². The van der Waals surface area contributed by atoms with Crippen molar-refractivity contribution in [1.29, 1.82) is 5.41 Å². The quantitative estimate of drug-likeness (QED) is 0.352. The van der Waals surface area contributed by atoms with Crippen molar-refractivity contribution in [3.63, 3.8) is 0 Å². The summed E-state index contributed by atoms with van der Waals surface area (Å²) in [5.41, 5.74) is 0.993. The first-order valence-corrected chi connectivity index (χ1v) is 16.8. The number of rotatable bonds is 7. The Bertz CT molecular complexity index is 1440. The van der Waals surface area contributed by atoms with Gasteiger partial charge in [-0.15, -0.1) is 0 Å². The van der Waals surface area contributed by atoms with Crippen molar-refractivity contribution in [3.8, 4) is 0 Å². The van der Waals surface area contributed by atoms with Crippen molar-refractivity contribution in [2.45, 2.75) is 63.8 Å². The van der Waals surface area contributed by atoms with Crippen molar-refractivity contribution in [3.05, 3.63) is 53.5 Å². The number of nitrogens with one attached hydrogen (secondary N) is 2. The van der Waals surface area contributed by atoms with Gasteiger partial charge in [-0.05, 0) is 18.1 Å². The maximum atomic E-state index is 13.5. The number of hydrogen-bond donors (Lipinski definition) is 2. The third-order valence-electron chi connectivity index (χ3n) is 6.96. The van der Waals surface area contributed by atoms with Gasteiger partial charge < -0.3 is 14.1 Å². The van der Waals surface area contributed by atoms with E-state index in [1.54, 1.807) is 24.3 Å². The second kappa shape index (κ2) is 9.33. The van der Waals surface area contributed by atoms with Gasteiger partial charge >= 0.3 is 0 Å². The van der Waals surface area contributed by atoms with Crippen molar-refractivity contribution in [2.75, 3.05) is 12.0 Å². The number of nitrogens with zero attached hydrogens (tertiary/aromatic N) is 3. The molecule has 0 radical (unpaired) electrons. The van der Waals surface area contributed by atoms with Gasteiger partial charge in [0.25, 0.3) is 0 Å². The van der Waals surface area contributed by atoms with Crippen LogP contribution in [-0.2, 0) is 19.0 Å². The zero-order valence-electron chi connectivity index (χ0n) is 21.4. The van der Waals surface area contributed by atoms with Gasteiger partial charge in [0.1, 0.15) is 21.6 Å². The molecule has 0 saturated carbocycles. The normalized spacial score (nSPS) is 21.2. The number of ketones is 1. The summed E-state index contributed by atoms with van der Waals surface area (Å²) in [6.45, 7) is 10.5. The Morgan fingerprint density at radius 3 is 2.56 bits per heavy atom. The Hall–Kier alpha value is -2.67. The average molecular weight is 532 g/mol. The number of fused-ring (bicyclic) bond motifs is 1. The minimum absolute atomic E-state index is 0.00174. The Labute approximate surface area is 211 Å². The van der Waals surface area contributed by atoms with Gasteiger partial charge in [-0.2, -0.15) is 0 Å². The molecule has 1 aromatic carbocycles. The van der Waals surface area contributed by atoms with Crippen LogP contribution in [0.25, 0.3) is 11.2 Å². The Morgan fingerprint density at radius 2 is 1.94 bits per heavy atom. The molecule has 0 bridgehead atoms. The fourth-order valence-electron chi connectivity index (χ4n) is 4.07. The van der Waals surface area contributed by atoms with Crippen LogP contribution >= 0.6 is 0 Å². The van der Waals surface area contributed by atoms with Gasteiger partial charge in [-0.3, -0.25) is 14.8 Å². The number of H-pyrrole nitrogens is 1. The maximum absolute atomic E-state index is 13.5. The van der Waals surface area contributed by atoms with Crippen LogP contribution in [-0.4, -0.2) is 66.3 Å². The molecule has 3 aromatic rings. The Kier molecular flexibility index (Phi) is 6.84. The number of imidazole rings is 1. The minimum Gasteiger partial charge on any atom is -0.411 e. The number of sulfone groups is 1.